The van der Waals surface area contributed by atoms with Crippen LogP contribution in [0.15, 0.2) is 65.9 Å². The lowest BCUT2D eigenvalue weighted by Crippen LogP contribution is -2.45. The molecule has 0 aliphatic carbocycles. The minimum atomic E-state index is -0.662. The number of aromatic amines is 1. The molecule has 3 aliphatic heterocycles. The van der Waals surface area contributed by atoms with Crippen molar-refractivity contribution < 1.29 is 14.3 Å². The number of benzene rings is 2. The standard InChI is InChI=1S/C43H54N6O3/c1-26(2)52-42(51)47-41(48-19-16-31(25-48)30-14-17-44-18-15-30)45-24-29(5)38-36-23-33(43(6,7)40(50)49-34-9-10-35(49)12-11-34)8-13-37(36)46-39(38)32-21-27(3)20-28(4)22-32/h8,13-15,17-18,20-23,26,29,31,34-35,46H,9-12,16,19,24-25H2,1-7H3,(H,45,47,51)/t29-,31?,34?,35?/m1/s1. The molecule has 3 aliphatic rings. The molecule has 9 nitrogen and oxygen atoms in total. The quantitative estimate of drug-likeness (QED) is 0.142. The highest BCUT2D eigenvalue weighted by Crippen LogP contribution is 2.43. The van der Waals surface area contributed by atoms with E-state index in [1.165, 1.54) is 16.7 Å². The van der Waals surface area contributed by atoms with Gasteiger partial charge < -0.3 is 19.5 Å². The van der Waals surface area contributed by atoms with Crippen LogP contribution in [0.3, 0.4) is 0 Å². The smallest absolute Gasteiger partial charge is 0.414 e. The summed E-state index contributed by atoms with van der Waals surface area (Å²) in [6.07, 6.45) is 8.37. The fourth-order valence-electron chi connectivity index (χ4n) is 8.88. The van der Waals surface area contributed by atoms with Gasteiger partial charge in [-0.25, -0.2) is 4.79 Å². The Morgan fingerprint density at radius 2 is 1.63 bits per heavy atom. The lowest BCUT2D eigenvalue weighted by Gasteiger charge is -2.33. The van der Waals surface area contributed by atoms with Gasteiger partial charge in [0.1, 0.15) is 0 Å². The van der Waals surface area contributed by atoms with Gasteiger partial charge in [0.05, 0.1) is 17.2 Å². The number of fused-ring (bicyclic) bond motifs is 3. The third kappa shape index (κ3) is 7.06. The van der Waals surface area contributed by atoms with Crippen LogP contribution in [0.25, 0.3) is 22.2 Å². The molecule has 2 atom stereocenters. The third-order valence-corrected chi connectivity index (χ3v) is 11.5. The van der Waals surface area contributed by atoms with Gasteiger partial charge in [-0.15, -0.1) is 0 Å². The maximum absolute atomic E-state index is 14.2. The van der Waals surface area contributed by atoms with Crippen LogP contribution in [0, 0.1) is 13.8 Å². The van der Waals surface area contributed by atoms with E-state index in [1.807, 2.05) is 26.2 Å². The number of hydrogen-bond acceptors (Lipinski definition) is 5. The zero-order valence-electron chi connectivity index (χ0n) is 31.8. The molecule has 2 aromatic heterocycles. The molecule has 3 fully saturated rings. The lowest BCUT2D eigenvalue weighted by atomic mass is 9.81. The highest BCUT2D eigenvalue weighted by Gasteiger charge is 2.47. The molecule has 0 saturated carbocycles. The normalized spacial score (nSPS) is 21.0. The second-order valence-corrected chi connectivity index (χ2v) is 16.2. The lowest BCUT2D eigenvalue weighted by molar-refractivity contribution is -0.137. The van der Waals surface area contributed by atoms with Gasteiger partial charge in [-0.2, -0.15) is 0 Å². The fraction of sp³-hybridized carbons (Fsp3) is 0.488. The number of aromatic nitrogens is 2. The molecular weight excluding hydrogens is 649 g/mol. The minimum absolute atomic E-state index is 0.0235. The summed E-state index contributed by atoms with van der Waals surface area (Å²) in [7, 11) is 0. The van der Waals surface area contributed by atoms with Crippen LogP contribution in [0.5, 0.6) is 0 Å². The molecule has 52 heavy (non-hydrogen) atoms. The molecule has 3 saturated heterocycles. The Morgan fingerprint density at radius 1 is 0.962 bits per heavy atom. The Bertz CT molecular complexity index is 1940. The maximum Gasteiger partial charge on any atom is 0.414 e. The molecule has 1 unspecified atom stereocenters. The SMILES string of the molecule is Cc1cc(C)cc(-c2[nH]c3ccc(C(C)(C)C(=O)N4C5CCC4CC5)cc3c2[C@H](C)CN=C(NC(=O)OC(C)C)N2CCC(c3ccncc3)C2)c1. The van der Waals surface area contributed by atoms with Gasteiger partial charge >= 0.3 is 6.09 Å². The van der Waals surface area contributed by atoms with Crippen molar-refractivity contribution in [2.75, 3.05) is 19.6 Å². The van der Waals surface area contributed by atoms with Gasteiger partial charge in [-0.3, -0.25) is 20.1 Å². The molecule has 5 heterocycles. The molecule has 274 valence electrons. The first-order chi connectivity index (χ1) is 24.9. The van der Waals surface area contributed by atoms with Crippen LogP contribution in [-0.2, 0) is 14.9 Å². The number of carbonyl (C=O) groups excluding carboxylic acids is 2. The van der Waals surface area contributed by atoms with E-state index in [-0.39, 0.29) is 17.9 Å². The summed E-state index contributed by atoms with van der Waals surface area (Å²) in [6.45, 7) is 16.3. The molecule has 7 rings (SSSR count). The van der Waals surface area contributed by atoms with Crippen molar-refractivity contribution in [2.45, 2.75) is 116 Å². The van der Waals surface area contributed by atoms with Crippen molar-refractivity contribution in [1.82, 2.24) is 25.1 Å². The average Bonchev–Trinajstić information content (AvgIpc) is 3.92. The fourth-order valence-corrected chi connectivity index (χ4v) is 8.88. The first-order valence-corrected chi connectivity index (χ1v) is 19.1. The van der Waals surface area contributed by atoms with Crippen molar-refractivity contribution in [3.8, 4) is 11.3 Å². The zero-order valence-corrected chi connectivity index (χ0v) is 31.8. The molecule has 0 radical (unpaired) electrons. The number of aryl methyl sites for hydroxylation is 2. The Morgan fingerprint density at radius 3 is 2.29 bits per heavy atom. The van der Waals surface area contributed by atoms with Crippen molar-refractivity contribution in [3.05, 3.63) is 88.7 Å². The Hall–Kier alpha value is -4.66. The van der Waals surface area contributed by atoms with Gasteiger partial charge in [0.15, 0.2) is 0 Å². The predicted octanol–water partition coefficient (Wildman–Crippen LogP) is 8.36. The highest BCUT2D eigenvalue weighted by molar-refractivity contribution is 5.96. The van der Waals surface area contributed by atoms with Crippen LogP contribution in [0.4, 0.5) is 4.79 Å². The predicted molar refractivity (Wildman–Crippen MR) is 208 cm³/mol. The molecule has 4 aromatic rings. The van der Waals surface area contributed by atoms with Crippen molar-refractivity contribution in [2.24, 2.45) is 4.99 Å². The van der Waals surface area contributed by atoms with Crippen LogP contribution in [-0.4, -0.2) is 75.5 Å². The molecule has 0 spiro atoms. The number of alkyl carbamates (subject to hydrolysis) is 1. The number of rotatable bonds is 8. The number of likely N-dealkylation sites (tertiary alicyclic amines) is 1. The van der Waals surface area contributed by atoms with Crippen molar-refractivity contribution >= 4 is 28.9 Å². The molecular formula is C43H54N6O3. The first kappa shape index (κ1) is 35.7. The monoisotopic (exact) mass is 702 g/mol. The molecule has 2 aromatic carbocycles. The Labute approximate surface area is 308 Å². The zero-order chi connectivity index (χ0) is 36.7. The van der Waals surface area contributed by atoms with Gasteiger partial charge in [0.2, 0.25) is 11.9 Å². The van der Waals surface area contributed by atoms with Crippen LogP contribution in [0.1, 0.15) is 106 Å². The Balaban J connectivity index is 1.25. The summed E-state index contributed by atoms with van der Waals surface area (Å²) < 4.78 is 5.50. The topological polar surface area (TPSA) is 103 Å². The number of nitrogens with zero attached hydrogens (tertiary/aromatic N) is 4. The number of carbonyl (C=O) groups is 2. The molecule has 2 amide bonds. The number of ether oxygens (including phenoxy) is 1. The number of nitrogens with one attached hydrogen (secondary N) is 2. The minimum Gasteiger partial charge on any atom is -0.447 e. The number of amides is 2. The summed E-state index contributed by atoms with van der Waals surface area (Å²) in [4.78, 5) is 44.6. The molecule has 9 heteroatoms. The third-order valence-electron chi connectivity index (χ3n) is 11.5. The summed E-state index contributed by atoms with van der Waals surface area (Å²) in [5.74, 6) is 1.07. The highest BCUT2D eigenvalue weighted by atomic mass is 16.6. The number of aliphatic imine (C=N–C) groups is 1. The maximum atomic E-state index is 14.2. The average molecular weight is 703 g/mol. The van der Waals surface area contributed by atoms with Gasteiger partial charge in [0, 0.05) is 66.9 Å². The molecule has 2 N–H and O–H groups in total. The van der Waals surface area contributed by atoms with E-state index < -0.39 is 11.5 Å². The summed E-state index contributed by atoms with van der Waals surface area (Å²) in [5, 5.41) is 4.10. The Kier molecular flexibility index (Phi) is 9.89. The number of guanidine groups is 1. The van der Waals surface area contributed by atoms with Gasteiger partial charge in [-0.1, -0.05) is 30.2 Å². The van der Waals surface area contributed by atoms with E-state index in [2.05, 4.69) is 108 Å². The van der Waals surface area contributed by atoms with Crippen LogP contribution >= 0.6 is 0 Å². The van der Waals surface area contributed by atoms with Gasteiger partial charge in [-0.05, 0) is 132 Å². The largest absolute Gasteiger partial charge is 0.447 e. The van der Waals surface area contributed by atoms with E-state index in [9.17, 15) is 9.59 Å². The van der Waals surface area contributed by atoms with Gasteiger partial charge in [0.25, 0.3) is 0 Å². The van der Waals surface area contributed by atoms with Crippen LogP contribution < -0.4 is 5.32 Å². The summed E-state index contributed by atoms with van der Waals surface area (Å²) in [5.41, 5.74) is 8.39. The van der Waals surface area contributed by atoms with E-state index in [4.69, 9.17) is 9.73 Å². The van der Waals surface area contributed by atoms with E-state index in [0.29, 0.717) is 30.5 Å². The molecule has 2 bridgehead atoms. The van der Waals surface area contributed by atoms with Crippen molar-refractivity contribution in [1.29, 1.82) is 0 Å². The van der Waals surface area contributed by atoms with Crippen molar-refractivity contribution in [3.63, 3.8) is 0 Å². The van der Waals surface area contributed by atoms with Crippen LogP contribution in [0.2, 0.25) is 0 Å². The summed E-state index contributed by atoms with van der Waals surface area (Å²) >= 11 is 0. The first-order valence-electron chi connectivity index (χ1n) is 19.1. The second kappa shape index (κ2) is 14.4. The number of hydrogen-bond donors (Lipinski definition) is 2. The number of pyridine rings is 1. The van der Waals surface area contributed by atoms with E-state index in [0.717, 1.165) is 78.5 Å². The van der Waals surface area contributed by atoms with E-state index in [1.54, 1.807) is 0 Å². The second-order valence-electron chi connectivity index (χ2n) is 16.2. The van der Waals surface area contributed by atoms with E-state index >= 15 is 0 Å². The number of H-pyrrole nitrogens is 1. The summed E-state index contributed by atoms with van der Waals surface area (Å²) in [6, 6.07) is 18.1.